The number of aromatic nitrogens is 5. The van der Waals surface area contributed by atoms with Gasteiger partial charge in [-0.1, -0.05) is 12.8 Å². The van der Waals surface area contributed by atoms with Crippen LogP contribution >= 0.6 is 11.8 Å². The quantitative estimate of drug-likeness (QED) is 0.921. The number of carboxylic acids is 1. The zero-order valence-electron chi connectivity index (χ0n) is 10.6. The Morgan fingerprint density at radius 1 is 1.40 bits per heavy atom. The minimum Gasteiger partial charge on any atom is -0.477 e. The van der Waals surface area contributed by atoms with Crippen LogP contribution in [0.2, 0.25) is 0 Å². The smallest absolute Gasteiger partial charge is 0.354 e. The van der Waals surface area contributed by atoms with E-state index in [4.69, 9.17) is 5.11 Å². The van der Waals surface area contributed by atoms with E-state index in [0.717, 1.165) is 17.7 Å². The van der Waals surface area contributed by atoms with Crippen LogP contribution < -0.4 is 0 Å². The lowest BCUT2D eigenvalue weighted by Gasteiger charge is -2.10. The molecule has 1 N–H and O–H groups in total. The van der Waals surface area contributed by atoms with Crippen molar-refractivity contribution < 1.29 is 9.90 Å². The van der Waals surface area contributed by atoms with Gasteiger partial charge in [-0.05, 0) is 47.2 Å². The van der Waals surface area contributed by atoms with Crippen molar-refractivity contribution in [3.8, 4) is 0 Å². The number of hydrogen-bond donors (Lipinski definition) is 1. The molecule has 0 atom stereocenters. The molecule has 2 aromatic rings. The molecule has 8 heteroatoms. The number of carbonyl (C=O) groups is 1. The van der Waals surface area contributed by atoms with E-state index >= 15 is 0 Å². The molecule has 7 nitrogen and oxygen atoms in total. The van der Waals surface area contributed by atoms with Crippen molar-refractivity contribution in [1.82, 2.24) is 25.2 Å². The van der Waals surface area contributed by atoms with Gasteiger partial charge >= 0.3 is 5.97 Å². The van der Waals surface area contributed by atoms with E-state index < -0.39 is 5.97 Å². The van der Waals surface area contributed by atoms with Crippen molar-refractivity contribution >= 4 is 17.7 Å². The normalized spacial score (nSPS) is 15.6. The molecule has 3 rings (SSSR count). The number of pyridine rings is 1. The maximum absolute atomic E-state index is 10.9. The van der Waals surface area contributed by atoms with Crippen molar-refractivity contribution in [3.05, 3.63) is 24.0 Å². The van der Waals surface area contributed by atoms with Crippen LogP contribution in [0.15, 0.2) is 28.4 Å². The van der Waals surface area contributed by atoms with E-state index in [2.05, 4.69) is 20.5 Å². The van der Waals surface area contributed by atoms with Gasteiger partial charge in [0.15, 0.2) is 0 Å². The second kappa shape index (κ2) is 5.58. The van der Waals surface area contributed by atoms with Gasteiger partial charge in [0.25, 0.3) is 0 Å². The van der Waals surface area contributed by atoms with Gasteiger partial charge < -0.3 is 5.11 Å². The molecular weight excluding hydrogens is 278 g/mol. The Balaban J connectivity index is 1.82. The number of carboxylic acid groups (broad SMARTS) is 1. The Labute approximate surface area is 119 Å². The molecule has 1 fully saturated rings. The molecule has 0 bridgehead atoms. The number of nitrogens with zero attached hydrogens (tertiary/aromatic N) is 5. The van der Waals surface area contributed by atoms with E-state index in [-0.39, 0.29) is 5.69 Å². The first-order valence-corrected chi connectivity index (χ1v) is 7.21. The first kappa shape index (κ1) is 13.0. The third-order valence-electron chi connectivity index (χ3n) is 3.29. The summed E-state index contributed by atoms with van der Waals surface area (Å²) in [4.78, 5) is 15.5. The van der Waals surface area contributed by atoms with Crippen LogP contribution in [0.3, 0.4) is 0 Å². The van der Waals surface area contributed by atoms with Crippen LogP contribution in [0.5, 0.6) is 0 Å². The SMILES string of the molecule is O=C(O)c1cc(Sc2nnnn2C2CCCC2)ccn1. The number of rotatable bonds is 4. The molecule has 0 aliphatic heterocycles. The molecular formula is C12H13N5O2S. The minimum absolute atomic E-state index is 0.0230. The molecule has 104 valence electrons. The lowest BCUT2D eigenvalue weighted by Crippen LogP contribution is -2.08. The molecule has 0 unspecified atom stereocenters. The maximum Gasteiger partial charge on any atom is 0.354 e. The zero-order chi connectivity index (χ0) is 13.9. The van der Waals surface area contributed by atoms with Gasteiger partial charge in [-0.3, -0.25) is 0 Å². The molecule has 0 saturated heterocycles. The summed E-state index contributed by atoms with van der Waals surface area (Å²) in [6.45, 7) is 0. The van der Waals surface area contributed by atoms with Gasteiger partial charge in [-0.2, -0.15) is 0 Å². The fourth-order valence-electron chi connectivity index (χ4n) is 2.33. The highest BCUT2D eigenvalue weighted by atomic mass is 32.2. The number of tetrazole rings is 1. The molecule has 0 aromatic carbocycles. The standard InChI is InChI=1S/C12H13N5O2S/c18-11(19)10-7-9(5-6-13-10)20-12-14-15-16-17(12)8-3-1-2-4-8/h5-8H,1-4H2,(H,18,19). The highest BCUT2D eigenvalue weighted by Crippen LogP contribution is 2.33. The summed E-state index contributed by atoms with van der Waals surface area (Å²) >= 11 is 1.36. The topological polar surface area (TPSA) is 93.8 Å². The van der Waals surface area contributed by atoms with Crippen LogP contribution in [0.4, 0.5) is 0 Å². The summed E-state index contributed by atoms with van der Waals surface area (Å²) in [7, 11) is 0. The van der Waals surface area contributed by atoms with Crippen LogP contribution in [0.1, 0.15) is 42.2 Å². The molecule has 1 saturated carbocycles. The van der Waals surface area contributed by atoms with Gasteiger partial charge in [0.2, 0.25) is 5.16 Å². The Kier molecular flexibility index (Phi) is 3.64. The third-order valence-corrected chi connectivity index (χ3v) is 4.23. The van der Waals surface area contributed by atoms with Crippen LogP contribution in [-0.4, -0.2) is 36.3 Å². The van der Waals surface area contributed by atoms with Gasteiger partial charge in [0.1, 0.15) is 5.69 Å². The minimum atomic E-state index is -1.04. The summed E-state index contributed by atoms with van der Waals surface area (Å²) in [5.41, 5.74) is 0.0230. The molecule has 1 aliphatic rings. The Morgan fingerprint density at radius 2 is 2.20 bits per heavy atom. The molecule has 2 aromatic heterocycles. The van der Waals surface area contributed by atoms with Gasteiger partial charge in [-0.15, -0.1) is 5.10 Å². The van der Waals surface area contributed by atoms with Crippen LogP contribution in [-0.2, 0) is 0 Å². The molecule has 20 heavy (non-hydrogen) atoms. The lowest BCUT2D eigenvalue weighted by molar-refractivity contribution is 0.0690. The number of hydrogen-bond acceptors (Lipinski definition) is 6. The second-order valence-corrected chi connectivity index (χ2v) is 5.67. The average Bonchev–Trinajstić information content (AvgIpc) is 3.09. The fraction of sp³-hybridized carbons (Fsp3) is 0.417. The van der Waals surface area contributed by atoms with Crippen molar-refractivity contribution in [2.75, 3.05) is 0 Å². The van der Waals surface area contributed by atoms with Crippen molar-refractivity contribution in [3.63, 3.8) is 0 Å². The summed E-state index contributed by atoms with van der Waals surface area (Å²) in [5, 5.41) is 21.5. The zero-order valence-corrected chi connectivity index (χ0v) is 11.5. The average molecular weight is 291 g/mol. The Morgan fingerprint density at radius 3 is 2.95 bits per heavy atom. The van der Waals surface area contributed by atoms with Crippen LogP contribution in [0.25, 0.3) is 0 Å². The highest BCUT2D eigenvalue weighted by molar-refractivity contribution is 7.99. The van der Waals surface area contributed by atoms with E-state index in [9.17, 15) is 4.79 Å². The van der Waals surface area contributed by atoms with Crippen molar-refractivity contribution in [2.24, 2.45) is 0 Å². The summed E-state index contributed by atoms with van der Waals surface area (Å²) in [6, 6.07) is 3.64. The van der Waals surface area contributed by atoms with E-state index in [1.807, 2.05) is 4.68 Å². The Bertz CT molecular complexity index is 624. The molecule has 0 radical (unpaired) electrons. The van der Waals surface area contributed by atoms with Crippen LogP contribution in [0, 0.1) is 0 Å². The largest absolute Gasteiger partial charge is 0.477 e. The van der Waals surface area contributed by atoms with Crippen molar-refractivity contribution in [1.29, 1.82) is 0 Å². The van der Waals surface area contributed by atoms with Crippen molar-refractivity contribution in [2.45, 2.75) is 41.8 Å². The predicted octanol–water partition coefficient (Wildman–Crippen LogP) is 2.03. The molecule has 1 aliphatic carbocycles. The fourth-order valence-corrected chi connectivity index (χ4v) is 3.19. The monoisotopic (exact) mass is 291 g/mol. The maximum atomic E-state index is 10.9. The first-order valence-electron chi connectivity index (χ1n) is 6.39. The Hall–Kier alpha value is -1.96. The van der Waals surface area contributed by atoms with E-state index in [1.165, 1.54) is 36.9 Å². The predicted molar refractivity (Wildman–Crippen MR) is 70.6 cm³/mol. The number of aromatic carboxylic acids is 1. The first-order chi connectivity index (χ1) is 9.74. The third kappa shape index (κ3) is 2.64. The summed E-state index contributed by atoms with van der Waals surface area (Å²) in [5.74, 6) is -1.04. The van der Waals surface area contributed by atoms with E-state index in [1.54, 1.807) is 6.07 Å². The molecule has 0 spiro atoms. The lowest BCUT2D eigenvalue weighted by atomic mass is 10.3. The molecule has 0 amide bonds. The van der Waals surface area contributed by atoms with Gasteiger partial charge in [0, 0.05) is 11.1 Å². The highest BCUT2D eigenvalue weighted by Gasteiger charge is 2.22. The second-order valence-electron chi connectivity index (χ2n) is 4.63. The summed E-state index contributed by atoms with van der Waals surface area (Å²) in [6.07, 6.45) is 6.07. The van der Waals surface area contributed by atoms with Gasteiger partial charge in [-0.25, -0.2) is 14.5 Å². The van der Waals surface area contributed by atoms with Gasteiger partial charge in [0.05, 0.1) is 6.04 Å². The summed E-state index contributed by atoms with van der Waals surface area (Å²) < 4.78 is 1.85. The van der Waals surface area contributed by atoms with E-state index in [0.29, 0.717) is 11.2 Å². The molecule has 2 heterocycles.